The van der Waals surface area contributed by atoms with E-state index in [9.17, 15) is 4.39 Å². The first-order valence-electron chi connectivity index (χ1n) is 6.63. The molecule has 108 valence electrons. The van der Waals surface area contributed by atoms with Crippen molar-refractivity contribution in [3.63, 3.8) is 0 Å². The number of rotatable bonds is 7. The number of pyridine rings is 1. The molecule has 0 fully saturated rings. The van der Waals surface area contributed by atoms with Crippen LogP contribution in [-0.2, 0) is 6.54 Å². The van der Waals surface area contributed by atoms with Gasteiger partial charge in [-0.2, -0.15) is 0 Å². The predicted octanol–water partition coefficient (Wildman–Crippen LogP) is 1.72. The van der Waals surface area contributed by atoms with Crippen LogP contribution >= 0.6 is 0 Å². The fraction of sp³-hybridized carbons (Fsp3) is 0.643. The summed E-state index contributed by atoms with van der Waals surface area (Å²) in [5.41, 5.74) is 0.898. The topological polar surface area (TPSA) is 31.4 Å². The Kier molecular flexibility index (Phi) is 6.18. The molecule has 0 unspecified atom stereocenters. The number of aromatic nitrogens is 1. The Morgan fingerprint density at radius 2 is 1.95 bits per heavy atom. The van der Waals surface area contributed by atoms with E-state index in [1.54, 1.807) is 6.07 Å². The predicted molar refractivity (Wildman–Crippen MR) is 78.0 cm³/mol. The van der Waals surface area contributed by atoms with Gasteiger partial charge in [-0.3, -0.25) is 0 Å². The van der Waals surface area contributed by atoms with Crippen LogP contribution in [0.4, 0.5) is 10.2 Å². The second-order valence-electron chi connectivity index (χ2n) is 5.40. The molecule has 1 N–H and O–H groups in total. The van der Waals surface area contributed by atoms with Crippen LogP contribution in [0.2, 0.25) is 0 Å². The molecule has 0 aliphatic heterocycles. The largest absolute Gasteiger partial charge is 0.358 e. The first-order chi connectivity index (χ1) is 8.90. The van der Waals surface area contributed by atoms with Gasteiger partial charge in [0.25, 0.3) is 0 Å². The number of hydrogen-bond acceptors (Lipinski definition) is 4. The molecule has 0 bridgehead atoms. The molecule has 0 atom stereocenters. The Bertz CT molecular complexity index is 393. The van der Waals surface area contributed by atoms with Crippen LogP contribution in [0, 0.1) is 5.82 Å². The SMILES string of the molecule is CC(C)NCc1cc(F)cnc1N(C)CCN(C)C. The van der Waals surface area contributed by atoms with Crippen LogP contribution in [0.15, 0.2) is 12.3 Å². The quantitative estimate of drug-likeness (QED) is 0.816. The van der Waals surface area contributed by atoms with Crippen molar-refractivity contribution in [2.45, 2.75) is 26.4 Å². The van der Waals surface area contributed by atoms with Gasteiger partial charge < -0.3 is 15.1 Å². The van der Waals surface area contributed by atoms with Crippen molar-refractivity contribution in [1.29, 1.82) is 0 Å². The van der Waals surface area contributed by atoms with Crippen molar-refractivity contribution in [3.8, 4) is 0 Å². The van der Waals surface area contributed by atoms with E-state index >= 15 is 0 Å². The summed E-state index contributed by atoms with van der Waals surface area (Å²) in [7, 11) is 6.06. The Morgan fingerprint density at radius 1 is 1.26 bits per heavy atom. The molecule has 0 aliphatic carbocycles. The summed E-state index contributed by atoms with van der Waals surface area (Å²) in [5.74, 6) is 0.557. The van der Waals surface area contributed by atoms with Gasteiger partial charge in [-0.1, -0.05) is 13.8 Å². The Labute approximate surface area is 115 Å². The maximum Gasteiger partial charge on any atom is 0.141 e. The van der Waals surface area contributed by atoms with Gasteiger partial charge in [0.2, 0.25) is 0 Å². The minimum atomic E-state index is -0.287. The maximum atomic E-state index is 13.3. The number of nitrogens with one attached hydrogen (secondary N) is 1. The Morgan fingerprint density at radius 3 is 2.53 bits per heavy atom. The molecule has 0 saturated heterocycles. The van der Waals surface area contributed by atoms with Gasteiger partial charge in [0.15, 0.2) is 0 Å². The lowest BCUT2D eigenvalue weighted by atomic mass is 10.2. The van der Waals surface area contributed by atoms with Crippen LogP contribution in [0.5, 0.6) is 0 Å². The molecular formula is C14H25FN4. The van der Waals surface area contributed by atoms with E-state index in [0.29, 0.717) is 12.6 Å². The van der Waals surface area contributed by atoms with Crippen molar-refractivity contribution >= 4 is 5.82 Å². The van der Waals surface area contributed by atoms with E-state index in [-0.39, 0.29) is 5.82 Å². The monoisotopic (exact) mass is 268 g/mol. The summed E-state index contributed by atoms with van der Waals surface area (Å²) in [6.07, 6.45) is 1.28. The summed E-state index contributed by atoms with van der Waals surface area (Å²) in [4.78, 5) is 8.41. The lowest BCUT2D eigenvalue weighted by Gasteiger charge is -2.23. The summed E-state index contributed by atoms with van der Waals surface area (Å²) in [6, 6.07) is 1.92. The van der Waals surface area contributed by atoms with E-state index in [0.717, 1.165) is 24.5 Å². The number of hydrogen-bond donors (Lipinski definition) is 1. The minimum absolute atomic E-state index is 0.287. The number of likely N-dealkylation sites (N-methyl/N-ethyl adjacent to an activating group) is 2. The average Bonchev–Trinajstić information content (AvgIpc) is 2.33. The van der Waals surface area contributed by atoms with Gasteiger partial charge in [0.1, 0.15) is 11.6 Å². The number of halogens is 1. The molecular weight excluding hydrogens is 243 g/mol. The zero-order valence-electron chi connectivity index (χ0n) is 12.6. The Hall–Kier alpha value is -1.20. The number of anilines is 1. The van der Waals surface area contributed by atoms with Crippen molar-refractivity contribution in [2.75, 3.05) is 39.1 Å². The van der Waals surface area contributed by atoms with Crippen LogP contribution < -0.4 is 10.2 Å². The normalized spacial score (nSPS) is 11.4. The molecule has 0 aromatic carbocycles. The van der Waals surface area contributed by atoms with Gasteiger partial charge >= 0.3 is 0 Å². The molecule has 1 aromatic heterocycles. The second kappa shape index (κ2) is 7.40. The number of nitrogens with zero attached hydrogens (tertiary/aromatic N) is 3. The third-order valence-electron chi connectivity index (χ3n) is 2.85. The third-order valence-corrected chi connectivity index (χ3v) is 2.85. The summed E-state index contributed by atoms with van der Waals surface area (Å²) < 4.78 is 13.3. The molecule has 5 heteroatoms. The molecule has 0 aliphatic rings. The van der Waals surface area contributed by atoms with Gasteiger partial charge in [0.05, 0.1) is 6.20 Å². The van der Waals surface area contributed by atoms with Gasteiger partial charge in [-0.15, -0.1) is 0 Å². The fourth-order valence-corrected chi connectivity index (χ4v) is 1.72. The molecule has 1 aromatic rings. The highest BCUT2D eigenvalue weighted by Crippen LogP contribution is 2.17. The van der Waals surface area contributed by atoms with Crippen LogP contribution in [0.1, 0.15) is 19.4 Å². The van der Waals surface area contributed by atoms with Gasteiger partial charge in [-0.05, 0) is 20.2 Å². The minimum Gasteiger partial charge on any atom is -0.358 e. The summed E-state index contributed by atoms with van der Waals surface area (Å²) in [5, 5.41) is 3.31. The molecule has 0 amide bonds. The van der Waals surface area contributed by atoms with Crippen molar-refractivity contribution in [2.24, 2.45) is 0 Å². The van der Waals surface area contributed by atoms with Crippen molar-refractivity contribution in [3.05, 3.63) is 23.6 Å². The molecule has 4 nitrogen and oxygen atoms in total. The van der Waals surface area contributed by atoms with Crippen molar-refractivity contribution < 1.29 is 4.39 Å². The van der Waals surface area contributed by atoms with E-state index < -0.39 is 0 Å². The first kappa shape index (κ1) is 15.9. The fourth-order valence-electron chi connectivity index (χ4n) is 1.72. The average molecular weight is 268 g/mol. The van der Waals surface area contributed by atoms with Crippen LogP contribution in [0.25, 0.3) is 0 Å². The van der Waals surface area contributed by atoms with Crippen LogP contribution in [-0.4, -0.2) is 50.2 Å². The van der Waals surface area contributed by atoms with E-state index in [4.69, 9.17) is 0 Å². The zero-order valence-corrected chi connectivity index (χ0v) is 12.6. The van der Waals surface area contributed by atoms with E-state index in [1.165, 1.54) is 6.20 Å². The molecule has 19 heavy (non-hydrogen) atoms. The van der Waals surface area contributed by atoms with E-state index in [1.807, 2.05) is 21.1 Å². The molecule has 1 rings (SSSR count). The molecule has 0 saturated carbocycles. The van der Waals surface area contributed by atoms with Gasteiger partial charge in [0, 0.05) is 38.3 Å². The van der Waals surface area contributed by atoms with Crippen LogP contribution in [0.3, 0.4) is 0 Å². The first-order valence-corrected chi connectivity index (χ1v) is 6.63. The maximum absolute atomic E-state index is 13.3. The standard InChI is InChI=1S/C14H25FN4/c1-11(2)16-9-12-8-13(15)10-17-14(12)19(5)7-6-18(3)4/h8,10-11,16H,6-7,9H2,1-5H3. The lowest BCUT2D eigenvalue weighted by Crippen LogP contribution is -2.31. The highest BCUT2D eigenvalue weighted by atomic mass is 19.1. The second-order valence-corrected chi connectivity index (χ2v) is 5.40. The zero-order chi connectivity index (χ0) is 14.4. The summed E-state index contributed by atoms with van der Waals surface area (Å²) >= 11 is 0. The molecule has 0 radical (unpaired) electrons. The van der Waals surface area contributed by atoms with Gasteiger partial charge in [-0.25, -0.2) is 9.37 Å². The molecule has 0 spiro atoms. The third kappa shape index (κ3) is 5.53. The highest BCUT2D eigenvalue weighted by molar-refractivity contribution is 5.46. The van der Waals surface area contributed by atoms with Crippen molar-refractivity contribution in [1.82, 2.24) is 15.2 Å². The highest BCUT2D eigenvalue weighted by Gasteiger charge is 2.11. The molecule has 1 heterocycles. The van der Waals surface area contributed by atoms with E-state index in [2.05, 4.69) is 33.9 Å². The summed E-state index contributed by atoms with van der Waals surface area (Å²) in [6.45, 7) is 6.57. The lowest BCUT2D eigenvalue weighted by molar-refractivity contribution is 0.416. The smallest absolute Gasteiger partial charge is 0.141 e. The Balaban J connectivity index is 2.79.